The summed E-state index contributed by atoms with van der Waals surface area (Å²) in [6.07, 6.45) is 0. The first-order valence-electron chi connectivity index (χ1n) is 6.91. The molecule has 0 amide bonds. The van der Waals surface area contributed by atoms with Gasteiger partial charge in [-0.1, -0.05) is 0 Å². The van der Waals surface area contributed by atoms with Crippen molar-refractivity contribution >= 4 is 5.97 Å². The zero-order chi connectivity index (χ0) is 15.6. The lowest BCUT2D eigenvalue weighted by atomic mass is 10.3. The summed E-state index contributed by atoms with van der Waals surface area (Å²) < 4.78 is 31.4. The molecule has 0 N–H and O–H groups in total. The smallest absolute Gasteiger partial charge is 0.349 e. The standard InChI is InChI=1S/C16H12O7/c17-16(23-11-2-4-13-15(6-11)22-9-20-13)7-18-10-1-3-12-14(5-10)21-8-19-12/h1-6H,7-9H2. The normalized spacial score (nSPS) is 13.7. The van der Waals surface area contributed by atoms with Gasteiger partial charge in [0.25, 0.3) is 0 Å². The second-order valence-corrected chi connectivity index (χ2v) is 4.79. The summed E-state index contributed by atoms with van der Waals surface area (Å²) >= 11 is 0. The minimum atomic E-state index is -0.526. The second-order valence-electron chi connectivity index (χ2n) is 4.79. The van der Waals surface area contributed by atoms with Crippen LogP contribution < -0.4 is 28.4 Å². The average molecular weight is 316 g/mol. The molecule has 2 aliphatic rings. The number of hydrogen-bond donors (Lipinski definition) is 0. The number of benzene rings is 2. The van der Waals surface area contributed by atoms with E-state index in [9.17, 15) is 4.79 Å². The van der Waals surface area contributed by atoms with Crippen molar-refractivity contribution in [1.82, 2.24) is 0 Å². The lowest BCUT2D eigenvalue weighted by Gasteiger charge is -2.08. The maximum Gasteiger partial charge on any atom is 0.349 e. The lowest BCUT2D eigenvalue weighted by Crippen LogP contribution is -2.17. The molecular weight excluding hydrogens is 304 g/mol. The van der Waals surface area contributed by atoms with Crippen LogP contribution in [-0.2, 0) is 4.79 Å². The molecule has 0 atom stereocenters. The zero-order valence-corrected chi connectivity index (χ0v) is 11.9. The Hall–Kier alpha value is -3.09. The first-order chi connectivity index (χ1) is 11.3. The number of ether oxygens (including phenoxy) is 6. The monoisotopic (exact) mass is 316 g/mol. The van der Waals surface area contributed by atoms with Crippen molar-refractivity contribution in [3.8, 4) is 34.5 Å². The van der Waals surface area contributed by atoms with E-state index in [1.54, 1.807) is 36.4 Å². The molecule has 0 radical (unpaired) electrons. The van der Waals surface area contributed by atoms with E-state index < -0.39 is 5.97 Å². The summed E-state index contributed by atoms with van der Waals surface area (Å²) in [6, 6.07) is 9.99. The van der Waals surface area contributed by atoms with Crippen LogP contribution in [0.3, 0.4) is 0 Å². The van der Waals surface area contributed by atoms with Crippen molar-refractivity contribution in [3.63, 3.8) is 0 Å². The summed E-state index contributed by atoms with van der Waals surface area (Å²) in [7, 11) is 0. The van der Waals surface area contributed by atoms with E-state index in [0.29, 0.717) is 34.5 Å². The van der Waals surface area contributed by atoms with Gasteiger partial charge in [-0.3, -0.25) is 0 Å². The van der Waals surface area contributed by atoms with E-state index in [-0.39, 0.29) is 20.2 Å². The summed E-state index contributed by atoms with van der Waals surface area (Å²) in [5.41, 5.74) is 0. The average Bonchev–Trinajstić information content (AvgIpc) is 3.20. The molecule has 0 aliphatic carbocycles. The van der Waals surface area contributed by atoms with Crippen LogP contribution in [-0.4, -0.2) is 26.2 Å². The molecule has 0 saturated heterocycles. The van der Waals surface area contributed by atoms with Gasteiger partial charge in [0, 0.05) is 12.1 Å². The van der Waals surface area contributed by atoms with E-state index in [1.165, 1.54) is 0 Å². The van der Waals surface area contributed by atoms with Crippen molar-refractivity contribution < 1.29 is 33.2 Å². The van der Waals surface area contributed by atoms with Crippen molar-refractivity contribution in [3.05, 3.63) is 36.4 Å². The molecule has 0 fully saturated rings. The molecule has 7 heteroatoms. The molecule has 23 heavy (non-hydrogen) atoms. The van der Waals surface area contributed by atoms with E-state index in [0.717, 1.165) is 0 Å². The SMILES string of the molecule is O=C(COc1ccc2c(c1)OCO2)Oc1ccc2c(c1)OCO2. The highest BCUT2D eigenvalue weighted by atomic mass is 16.7. The Morgan fingerprint density at radius 3 is 2.09 bits per heavy atom. The largest absolute Gasteiger partial charge is 0.482 e. The summed E-state index contributed by atoms with van der Waals surface area (Å²) in [6.45, 7) is 0.124. The van der Waals surface area contributed by atoms with Gasteiger partial charge in [-0.15, -0.1) is 0 Å². The van der Waals surface area contributed by atoms with Gasteiger partial charge in [0.05, 0.1) is 0 Å². The van der Waals surface area contributed by atoms with Gasteiger partial charge in [-0.05, 0) is 24.3 Å². The van der Waals surface area contributed by atoms with Gasteiger partial charge < -0.3 is 28.4 Å². The Balaban J connectivity index is 1.35. The fourth-order valence-electron chi connectivity index (χ4n) is 2.21. The quantitative estimate of drug-likeness (QED) is 0.632. The Kier molecular flexibility index (Phi) is 3.30. The van der Waals surface area contributed by atoms with Gasteiger partial charge >= 0.3 is 5.97 Å². The highest BCUT2D eigenvalue weighted by Gasteiger charge is 2.16. The summed E-state index contributed by atoms with van der Waals surface area (Å²) in [4.78, 5) is 11.8. The molecule has 0 saturated carbocycles. The van der Waals surface area contributed by atoms with Crippen LogP contribution in [0, 0.1) is 0 Å². The molecule has 0 unspecified atom stereocenters. The Morgan fingerprint density at radius 1 is 0.826 bits per heavy atom. The van der Waals surface area contributed by atoms with Crippen LogP contribution in [0.1, 0.15) is 0 Å². The molecule has 0 aromatic heterocycles. The predicted octanol–water partition coefficient (Wildman–Crippen LogP) is 2.13. The van der Waals surface area contributed by atoms with Crippen LogP contribution >= 0.6 is 0 Å². The van der Waals surface area contributed by atoms with E-state index in [1.807, 2.05) is 0 Å². The van der Waals surface area contributed by atoms with Crippen molar-refractivity contribution in [1.29, 1.82) is 0 Å². The van der Waals surface area contributed by atoms with Crippen LogP contribution in [0.2, 0.25) is 0 Å². The van der Waals surface area contributed by atoms with E-state index in [2.05, 4.69) is 0 Å². The minimum absolute atomic E-state index is 0.167. The highest BCUT2D eigenvalue weighted by molar-refractivity contribution is 5.74. The minimum Gasteiger partial charge on any atom is -0.482 e. The third-order valence-corrected chi connectivity index (χ3v) is 3.28. The maximum atomic E-state index is 11.8. The molecule has 2 aromatic rings. The molecule has 0 spiro atoms. The summed E-state index contributed by atoms with van der Waals surface area (Å²) in [5.74, 6) is 2.76. The Morgan fingerprint density at radius 2 is 1.39 bits per heavy atom. The first-order valence-corrected chi connectivity index (χ1v) is 6.91. The number of fused-ring (bicyclic) bond motifs is 2. The van der Waals surface area contributed by atoms with Crippen LogP contribution in [0.25, 0.3) is 0 Å². The summed E-state index contributed by atoms with van der Waals surface area (Å²) in [5, 5.41) is 0. The van der Waals surface area contributed by atoms with Gasteiger partial charge in [0.15, 0.2) is 29.6 Å². The van der Waals surface area contributed by atoms with Gasteiger partial charge in [-0.25, -0.2) is 4.79 Å². The third kappa shape index (κ3) is 2.80. The topological polar surface area (TPSA) is 72.5 Å². The van der Waals surface area contributed by atoms with Crippen LogP contribution in [0.5, 0.6) is 34.5 Å². The van der Waals surface area contributed by atoms with Crippen LogP contribution in [0.15, 0.2) is 36.4 Å². The molecule has 118 valence electrons. The zero-order valence-electron chi connectivity index (χ0n) is 11.9. The third-order valence-electron chi connectivity index (χ3n) is 3.28. The number of rotatable bonds is 4. The molecule has 4 rings (SSSR count). The maximum absolute atomic E-state index is 11.8. The van der Waals surface area contributed by atoms with Gasteiger partial charge in [-0.2, -0.15) is 0 Å². The number of carbonyl (C=O) groups excluding carboxylic acids is 1. The first kappa shape index (κ1) is 13.6. The number of esters is 1. The lowest BCUT2D eigenvalue weighted by molar-refractivity contribution is -0.136. The molecule has 2 aromatic carbocycles. The fraction of sp³-hybridized carbons (Fsp3) is 0.188. The fourth-order valence-corrected chi connectivity index (χ4v) is 2.21. The Labute approximate surface area is 131 Å². The molecule has 7 nitrogen and oxygen atoms in total. The molecule has 2 aliphatic heterocycles. The van der Waals surface area contributed by atoms with Gasteiger partial charge in [0.1, 0.15) is 11.5 Å². The molecule has 0 bridgehead atoms. The molecular formula is C16H12O7. The van der Waals surface area contributed by atoms with Crippen LogP contribution in [0.4, 0.5) is 0 Å². The highest BCUT2D eigenvalue weighted by Crippen LogP contribution is 2.36. The second kappa shape index (κ2) is 5.60. The van der Waals surface area contributed by atoms with Crippen molar-refractivity contribution in [2.75, 3.05) is 20.2 Å². The molecule has 2 heterocycles. The van der Waals surface area contributed by atoms with Crippen molar-refractivity contribution in [2.24, 2.45) is 0 Å². The van der Waals surface area contributed by atoms with E-state index in [4.69, 9.17) is 28.4 Å². The van der Waals surface area contributed by atoms with Crippen molar-refractivity contribution in [2.45, 2.75) is 0 Å². The number of hydrogen-bond acceptors (Lipinski definition) is 7. The van der Waals surface area contributed by atoms with Gasteiger partial charge in [0.2, 0.25) is 13.6 Å². The Bertz CT molecular complexity index is 756. The predicted molar refractivity (Wildman–Crippen MR) is 76.3 cm³/mol. The number of carbonyl (C=O) groups is 1. The van der Waals surface area contributed by atoms with E-state index >= 15 is 0 Å².